The molecule has 0 fully saturated rings. The van der Waals surface area contributed by atoms with E-state index in [0.29, 0.717) is 18.8 Å². The lowest BCUT2D eigenvalue weighted by molar-refractivity contribution is -0.131. The third kappa shape index (κ3) is 8.18. The number of nitrogens with one attached hydrogen (secondary N) is 4. The first-order chi connectivity index (χ1) is 10.9. The van der Waals surface area contributed by atoms with Crippen molar-refractivity contribution >= 4 is 55.6 Å². The summed E-state index contributed by atoms with van der Waals surface area (Å²) in [6, 6.07) is -2.11. The van der Waals surface area contributed by atoms with E-state index in [0.717, 1.165) is 0 Å². The van der Waals surface area contributed by atoms with Crippen LogP contribution in [0, 0.1) is 0 Å². The highest BCUT2D eigenvalue weighted by Gasteiger charge is 2.26. The van der Waals surface area contributed by atoms with Crippen LogP contribution in [-0.4, -0.2) is 66.2 Å². The minimum atomic E-state index is -0.844. The van der Waals surface area contributed by atoms with E-state index in [-0.39, 0.29) is 23.3 Å². The normalized spacial score (nSPS) is 14.5. The third-order valence-electron chi connectivity index (χ3n) is 2.93. The molecule has 10 heteroatoms. The lowest BCUT2D eigenvalue weighted by atomic mass is 10.2. The maximum atomic E-state index is 12.2. The van der Waals surface area contributed by atoms with Crippen molar-refractivity contribution in [2.75, 3.05) is 30.3 Å². The van der Waals surface area contributed by atoms with Crippen molar-refractivity contribution in [3.63, 3.8) is 0 Å². The molecule has 0 heterocycles. The first-order valence-corrected chi connectivity index (χ1v) is 9.29. The Morgan fingerprint density at radius 1 is 0.739 bits per heavy atom. The van der Waals surface area contributed by atoms with Gasteiger partial charge < -0.3 is 21.3 Å². The summed E-state index contributed by atoms with van der Waals surface area (Å²) in [4.78, 5) is 36.1. The van der Waals surface area contributed by atoms with Gasteiger partial charge in [-0.05, 0) is 13.5 Å². The van der Waals surface area contributed by atoms with Crippen molar-refractivity contribution in [1.82, 2.24) is 21.3 Å². The number of likely N-dealkylation sites (N-methyl/N-ethyl adjacent to an activating group) is 2. The van der Waals surface area contributed by atoms with Crippen LogP contribution in [0.5, 0.6) is 0 Å². The van der Waals surface area contributed by atoms with Gasteiger partial charge >= 0.3 is 0 Å². The van der Waals surface area contributed by atoms with Gasteiger partial charge in [0, 0.05) is 23.8 Å². The van der Waals surface area contributed by atoms with Crippen LogP contribution in [0.4, 0.5) is 0 Å². The molecule has 0 aliphatic carbocycles. The Kier molecular flexibility index (Phi) is 12.5. The zero-order valence-electron chi connectivity index (χ0n) is 13.3. The van der Waals surface area contributed by atoms with Gasteiger partial charge in [-0.3, -0.25) is 14.4 Å². The standard InChI is InChI=1S/C13H26N4O3S3/c1-3-14-8(5-21)12(19)17-10(7-23)13(20)16-9(6-22)11(18)15-4-2/h8-10,14,21-23H,3-7H2,1-2H3,(H,15,18)(H,16,20)(H,17,19)/t8-,9-,10-/m0/s1. The van der Waals surface area contributed by atoms with E-state index >= 15 is 0 Å². The van der Waals surface area contributed by atoms with Crippen LogP contribution in [0.3, 0.4) is 0 Å². The van der Waals surface area contributed by atoms with E-state index in [1.807, 2.05) is 6.92 Å². The van der Waals surface area contributed by atoms with Gasteiger partial charge in [0.2, 0.25) is 17.7 Å². The van der Waals surface area contributed by atoms with E-state index < -0.39 is 24.0 Å². The number of rotatable bonds is 11. The highest BCUT2D eigenvalue weighted by Crippen LogP contribution is 1.96. The van der Waals surface area contributed by atoms with Gasteiger partial charge in [-0.1, -0.05) is 6.92 Å². The maximum absolute atomic E-state index is 12.2. The highest BCUT2D eigenvalue weighted by molar-refractivity contribution is 7.80. The molecule has 7 nitrogen and oxygen atoms in total. The number of hydrogen-bond donors (Lipinski definition) is 7. The summed E-state index contributed by atoms with van der Waals surface area (Å²) in [6.07, 6.45) is 0. The number of hydrogen-bond acceptors (Lipinski definition) is 7. The predicted molar refractivity (Wildman–Crippen MR) is 102 cm³/mol. The molecule has 0 bridgehead atoms. The number of amides is 3. The van der Waals surface area contributed by atoms with Gasteiger partial charge in [0.1, 0.15) is 12.1 Å². The summed E-state index contributed by atoms with van der Waals surface area (Å²) >= 11 is 12.3. The Labute approximate surface area is 153 Å². The molecule has 3 amide bonds. The van der Waals surface area contributed by atoms with Crippen LogP contribution >= 0.6 is 37.9 Å². The van der Waals surface area contributed by atoms with E-state index in [4.69, 9.17) is 0 Å². The van der Waals surface area contributed by atoms with E-state index in [9.17, 15) is 14.4 Å². The molecule has 0 aliphatic heterocycles. The zero-order valence-corrected chi connectivity index (χ0v) is 16.0. The maximum Gasteiger partial charge on any atom is 0.244 e. The fraction of sp³-hybridized carbons (Fsp3) is 0.769. The van der Waals surface area contributed by atoms with Crippen LogP contribution in [0.25, 0.3) is 0 Å². The van der Waals surface area contributed by atoms with Crippen molar-refractivity contribution in [2.24, 2.45) is 0 Å². The molecule has 0 unspecified atom stereocenters. The monoisotopic (exact) mass is 382 g/mol. The zero-order chi connectivity index (χ0) is 17.8. The van der Waals surface area contributed by atoms with Crippen molar-refractivity contribution in [3.8, 4) is 0 Å². The highest BCUT2D eigenvalue weighted by atomic mass is 32.1. The van der Waals surface area contributed by atoms with Crippen molar-refractivity contribution in [2.45, 2.75) is 32.0 Å². The summed E-state index contributed by atoms with van der Waals surface area (Å²) in [5.41, 5.74) is 0. The smallest absolute Gasteiger partial charge is 0.244 e. The SMILES string of the molecule is CCNC(=O)[C@H](CS)NC(=O)[C@H](CS)NC(=O)[C@H](CS)NCC. The molecule has 0 spiro atoms. The Bertz CT molecular complexity index is 399. The Morgan fingerprint density at radius 2 is 1.17 bits per heavy atom. The van der Waals surface area contributed by atoms with E-state index in [1.165, 1.54) is 0 Å². The van der Waals surface area contributed by atoms with E-state index in [1.54, 1.807) is 6.92 Å². The Balaban J connectivity index is 4.72. The third-order valence-corrected chi connectivity index (χ3v) is 4.03. The molecule has 134 valence electrons. The van der Waals surface area contributed by atoms with Gasteiger partial charge in [0.15, 0.2) is 0 Å². The van der Waals surface area contributed by atoms with Gasteiger partial charge in [0.25, 0.3) is 0 Å². The molecule has 0 rings (SSSR count). The van der Waals surface area contributed by atoms with Crippen LogP contribution < -0.4 is 21.3 Å². The van der Waals surface area contributed by atoms with Gasteiger partial charge in [-0.15, -0.1) is 0 Å². The van der Waals surface area contributed by atoms with Gasteiger partial charge in [-0.2, -0.15) is 37.9 Å². The molecule has 23 heavy (non-hydrogen) atoms. The second kappa shape index (κ2) is 12.8. The first kappa shape index (κ1) is 22.4. The Morgan fingerprint density at radius 3 is 1.57 bits per heavy atom. The van der Waals surface area contributed by atoms with Gasteiger partial charge in [-0.25, -0.2) is 0 Å². The summed E-state index contributed by atoms with van der Waals surface area (Å²) < 4.78 is 0. The summed E-state index contributed by atoms with van der Waals surface area (Å²) in [6.45, 7) is 4.72. The van der Waals surface area contributed by atoms with Crippen LogP contribution in [-0.2, 0) is 14.4 Å². The molecule has 0 radical (unpaired) electrons. The van der Waals surface area contributed by atoms with Crippen molar-refractivity contribution in [1.29, 1.82) is 0 Å². The minimum Gasteiger partial charge on any atom is -0.355 e. The molecule has 4 N–H and O–H groups in total. The predicted octanol–water partition coefficient (Wildman–Crippen LogP) is -1.14. The quantitative estimate of drug-likeness (QED) is 0.230. The number of carbonyl (C=O) groups excluding carboxylic acids is 3. The van der Waals surface area contributed by atoms with Crippen LogP contribution in [0.2, 0.25) is 0 Å². The fourth-order valence-corrected chi connectivity index (χ4v) is 2.53. The summed E-state index contributed by atoms with van der Waals surface area (Å²) in [5, 5.41) is 10.8. The summed E-state index contributed by atoms with van der Waals surface area (Å²) in [5.74, 6) is -0.566. The second-order valence-electron chi connectivity index (χ2n) is 4.67. The van der Waals surface area contributed by atoms with Crippen LogP contribution in [0.15, 0.2) is 0 Å². The molecular formula is C13H26N4O3S3. The lowest BCUT2D eigenvalue weighted by Crippen LogP contribution is -2.57. The molecule has 0 aromatic heterocycles. The number of carbonyl (C=O) groups is 3. The van der Waals surface area contributed by atoms with Crippen molar-refractivity contribution in [3.05, 3.63) is 0 Å². The lowest BCUT2D eigenvalue weighted by Gasteiger charge is -2.23. The van der Waals surface area contributed by atoms with Crippen molar-refractivity contribution < 1.29 is 14.4 Å². The molecule has 0 aromatic carbocycles. The molecule has 0 aromatic rings. The molecule has 0 saturated carbocycles. The number of thiol groups is 3. The average molecular weight is 383 g/mol. The molecular weight excluding hydrogens is 356 g/mol. The first-order valence-electron chi connectivity index (χ1n) is 7.39. The Hall–Kier alpha value is -0.580. The van der Waals surface area contributed by atoms with E-state index in [2.05, 4.69) is 59.2 Å². The molecule has 0 saturated heterocycles. The fourth-order valence-electron chi connectivity index (χ4n) is 1.72. The van der Waals surface area contributed by atoms with Crippen LogP contribution in [0.1, 0.15) is 13.8 Å². The molecule has 0 aliphatic rings. The summed E-state index contributed by atoms with van der Waals surface area (Å²) in [7, 11) is 0. The van der Waals surface area contributed by atoms with Gasteiger partial charge in [0.05, 0.1) is 6.04 Å². The topological polar surface area (TPSA) is 99.3 Å². The molecule has 3 atom stereocenters. The average Bonchev–Trinajstić information content (AvgIpc) is 2.54. The minimum absolute atomic E-state index is 0.109. The largest absolute Gasteiger partial charge is 0.355 e. The second-order valence-corrected chi connectivity index (χ2v) is 5.77.